The van der Waals surface area contributed by atoms with Gasteiger partial charge in [-0.1, -0.05) is 25.8 Å². The van der Waals surface area contributed by atoms with E-state index in [1.54, 1.807) is 11.9 Å². The molecule has 1 amide bonds. The van der Waals surface area contributed by atoms with Crippen LogP contribution in [0.5, 0.6) is 0 Å². The van der Waals surface area contributed by atoms with Gasteiger partial charge in [-0.3, -0.25) is 9.52 Å². The van der Waals surface area contributed by atoms with Crippen LogP contribution in [0.15, 0.2) is 0 Å². The lowest BCUT2D eigenvalue weighted by atomic mass is 10.1. The van der Waals surface area contributed by atoms with Gasteiger partial charge in [0.25, 0.3) is 0 Å². The maximum atomic E-state index is 11.9. The molecule has 0 saturated carbocycles. The predicted molar refractivity (Wildman–Crippen MR) is 62.7 cm³/mol. The number of carbonyl (C=O) groups excluding carboxylic acids is 1. The van der Waals surface area contributed by atoms with E-state index in [-0.39, 0.29) is 17.9 Å². The van der Waals surface area contributed by atoms with E-state index in [1.807, 2.05) is 25.0 Å². The van der Waals surface area contributed by atoms with Crippen LogP contribution >= 0.6 is 11.9 Å². The third-order valence-corrected chi connectivity index (χ3v) is 2.92. The van der Waals surface area contributed by atoms with Crippen LogP contribution in [0.4, 0.5) is 0 Å². The van der Waals surface area contributed by atoms with E-state index in [1.165, 1.54) is 0 Å². The summed E-state index contributed by atoms with van der Waals surface area (Å²) in [6.07, 6.45) is 1.98. The van der Waals surface area contributed by atoms with Gasteiger partial charge < -0.3 is 9.64 Å². The third-order valence-electron chi connectivity index (χ3n) is 2.47. The second kappa shape index (κ2) is 6.35. The van der Waals surface area contributed by atoms with Crippen LogP contribution in [-0.2, 0) is 9.53 Å². The van der Waals surface area contributed by atoms with E-state index >= 15 is 0 Å². The van der Waals surface area contributed by atoms with Gasteiger partial charge in [-0.2, -0.15) is 0 Å². The van der Waals surface area contributed by atoms with Gasteiger partial charge in [-0.15, -0.1) is 0 Å². The summed E-state index contributed by atoms with van der Waals surface area (Å²) in [6.45, 7) is 6.70. The summed E-state index contributed by atoms with van der Waals surface area (Å²) in [5.41, 5.74) is 0. The fourth-order valence-corrected chi connectivity index (χ4v) is 1.98. The summed E-state index contributed by atoms with van der Waals surface area (Å²) in [5, 5.41) is 0. The van der Waals surface area contributed by atoms with Gasteiger partial charge in [0.2, 0.25) is 5.91 Å². The molecule has 1 aliphatic heterocycles. The van der Waals surface area contributed by atoms with E-state index in [9.17, 15) is 4.79 Å². The molecule has 4 nitrogen and oxygen atoms in total. The number of carbonyl (C=O) groups is 1. The molecule has 1 aliphatic rings. The first-order chi connectivity index (χ1) is 7.16. The van der Waals surface area contributed by atoms with Crippen LogP contribution in [0.3, 0.4) is 0 Å². The Labute approximate surface area is 95.9 Å². The zero-order valence-corrected chi connectivity index (χ0v) is 10.5. The first-order valence-corrected chi connectivity index (χ1v) is 6.53. The van der Waals surface area contributed by atoms with Gasteiger partial charge >= 0.3 is 0 Å². The number of ether oxygens (including phenoxy) is 1. The van der Waals surface area contributed by atoms with Crippen LogP contribution in [0.2, 0.25) is 0 Å². The molecule has 1 saturated heterocycles. The van der Waals surface area contributed by atoms with Crippen molar-refractivity contribution >= 4 is 17.9 Å². The van der Waals surface area contributed by atoms with Crippen molar-refractivity contribution in [2.75, 3.05) is 32.6 Å². The topological polar surface area (TPSA) is 41.6 Å². The quantitative estimate of drug-likeness (QED) is 0.726. The SMILES string of the molecule is CSNCC1COCCN1C(=O)C(C)C. The summed E-state index contributed by atoms with van der Waals surface area (Å²) in [6, 6.07) is 0.182. The van der Waals surface area contributed by atoms with Gasteiger partial charge in [0, 0.05) is 19.0 Å². The van der Waals surface area contributed by atoms with E-state index in [0.717, 1.165) is 13.1 Å². The molecule has 88 valence electrons. The van der Waals surface area contributed by atoms with Crippen molar-refractivity contribution in [2.45, 2.75) is 19.9 Å². The van der Waals surface area contributed by atoms with Crippen molar-refractivity contribution in [1.29, 1.82) is 0 Å². The van der Waals surface area contributed by atoms with Crippen LogP contribution < -0.4 is 4.72 Å². The van der Waals surface area contributed by atoms with Crippen molar-refractivity contribution in [3.05, 3.63) is 0 Å². The monoisotopic (exact) mass is 232 g/mol. The predicted octanol–water partition coefficient (Wildman–Crippen LogP) is 0.737. The first-order valence-electron chi connectivity index (χ1n) is 5.31. The maximum Gasteiger partial charge on any atom is 0.225 e. The Morgan fingerprint density at radius 3 is 3.00 bits per heavy atom. The van der Waals surface area contributed by atoms with Crippen molar-refractivity contribution in [3.8, 4) is 0 Å². The molecule has 0 radical (unpaired) electrons. The second-order valence-electron chi connectivity index (χ2n) is 3.97. The molecular formula is C10H20N2O2S. The molecule has 1 heterocycles. The Bertz CT molecular complexity index is 212. The number of morpholine rings is 1. The molecule has 0 spiro atoms. The van der Waals surface area contributed by atoms with Gasteiger partial charge in [0.05, 0.1) is 19.3 Å². The van der Waals surface area contributed by atoms with E-state index in [0.29, 0.717) is 13.2 Å². The van der Waals surface area contributed by atoms with Crippen molar-refractivity contribution in [2.24, 2.45) is 5.92 Å². The standard InChI is InChI=1S/C10H20N2O2S/c1-8(2)10(13)12-4-5-14-7-9(12)6-11-15-3/h8-9,11H,4-7H2,1-3H3. The number of nitrogens with zero attached hydrogens (tertiary/aromatic N) is 1. The summed E-state index contributed by atoms with van der Waals surface area (Å²) in [5.74, 6) is 0.297. The highest BCUT2D eigenvalue weighted by Crippen LogP contribution is 2.11. The average Bonchev–Trinajstić information content (AvgIpc) is 2.25. The Kier molecular flexibility index (Phi) is 5.42. The number of nitrogens with one attached hydrogen (secondary N) is 1. The molecule has 5 heteroatoms. The minimum absolute atomic E-state index is 0.0693. The summed E-state index contributed by atoms with van der Waals surface area (Å²) in [4.78, 5) is 13.8. The Morgan fingerprint density at radius 1 is 1.67 bits per heavy atom. The number of hydrogen-bond acceptors (Lipinski definition) is 4. The third kappa shape index (κ3) is 3.66. The Hall–Kier alpha value is -0.260. The molecule has 0 aromatic carbocycles. The average molecular weight is 232 g/mol. The summed E-state index contributed by atoms with van der Waals surface area (Å²) >= 11 is 1.57. The van der Waals surface area contributed by atoms with Crippen molar-refractivity contribution in [3.63, 3.8) is 0 Å². The van der Waals surface area contributed by atoms with Crippen LogP contribution in [0, 0.1) is 5.92 Å². The fourth-order valence-electron chi connectivity index (χ4n) is 1.63. The minimum Gasteiger partial charge on any atom is -0.377 e. The van der Waals surface area contributed by atoms with E-state index in [2.05, 4.69) is 4.72 Å². The second-order valence-corrected chi connectivity index (χ2v) is 4.66. The lowest BCUT2D eigenvalue weighted by Gasteiger charge is -2.36. The highest BCUT2D eigenvalue weighted by molar-refractivity contribution is 7.96. The first kappa shape index (κ1) is 12.8. The van der Waals surface area contributed by atoms with Crippen LogP contribution in [0.25, 0.3) is 0 Å². The lowest BCUT2D eigenvalue weighted by Crippen LogP contribution is -2.53. The number of hydrogen-bond donors (Lipinski definition) is 1. The molecule has 1 rings (SSSR count). The van der Waals surface area contributed by atoms with Gasteiger partial charge in [0.1, 0.15) is 0 Å². The molecule has 1 unspecified atom stereocenters. The van der Waals surface area contributed by atoms with Crippen LogP contribution in [0.1, 0.15) is 13.8 Å². The van der Waals surface area contributed by atoms with Gasteiger partial charge in [-0.25, -0.2) is 0 Å². The zero-order valence-electron chi connectivity index (χ0n) is 9.66. The molecule has 1 fully saturated rings. The molecule has 0 aliphatic carbocycles. The molecule has 15 heavy (non-hydrogen) atoms. The number of rotatable bonds is 4. The summed E-state index contributed by atoms with van der Waals surface area (Å²) < 4.78 is 8.58. The van der Waals surface area contributed by atoms with E-state index in [4.69, 9.17) is 4.74 Å². The lowest BCUT2D eigenvalue weighted by molar-refractivity contribution is -0.142. The Morgan fingerprint density at radius 2 is 2.40 bits per heavy atom. The number of amides is 1. The molecule has 0 bridgehead atoms. The van der Waals surface area contributed by atoms with Gasteiger partial charge in [0.15, 0.2) is 0 Å². The smallest absolute Gasteiger partial charge is 0.225 e. The minimum atomic E-state index is 0.0693. The largest absolute Gasteiger partial charge is 0.377 e. The fraction of sp³-hybridized carbons (Fsp3) is 0.900. The molecular weight excluding hydrogens is 212 g/mol. The molecule has 1 N–H and O–H groups in total. The Balaban J connectivity index is 2.53. The molecule has 1 atom stereocenters. The van der Waals surface area contributed by atoms with Crippen LogP contribution in [-0.4, -0.2) is 49.4 Å². The maximum absolute atomic E-state index is 11.9. The van der Waals surface area contributed by atoms with Gasteiger partial charge in [-0.05, 0) is 6.26 Å². The normalized spacial score (nSPS) is 22.1. The molecule has 0 aromatic rings. The van der Waals surface area contributed by atoms with Crippen molar-refractivity contribution in [1.82, 2.24) is 9.62 Å². The van der Waals surface area contributed by atoms with E-state index < -0.39 is 0 Å². The highest BCUT2D eigenvalue weighted by atomic mass is 32.2. The van der Waals surface area contributed by atoms with Crippen molar-refractivity contribution < 1.29 is 9.53 Å². The highest BCUT2D eigenvalue weighted by Gasteiger charge is 2.28. The zero-order chi connectivity index (χ0) is 11.3. The molecule has 0 aromatic heterocycles. The summed E-state index contributed by atoms with van der Waals surface area (Å²) in [7, 11) is 0.